The molecule has 1 rings (SSSR count). The van der Waals surface area contributed by atoms with E-state index in [1.54, 1.807) is 24.3 Å². The van der Waals surface area contributed by atoms with Crippen molar-refractivity contribution in [2.75, 3.05) is 0 Å². The fourth-order valence-electron chi connectivity index (χ4n) is 0.960. The van der Waals surface area contributed by atoms with E-state index in [1.807, 2.05) is 27.7 Å². The molecule has 1 amide bonds. The molecule has 3 nitrogen and oxygen atoms in total. The van der Waals surface area contributed by atoms with Crippen molar-refractivity contribution >= 4 is 5.91 Å². The highest BCUT2D eigenvalue weighted by Crippen LogP contribution is 2.10. The predicted molar refractivity (Wildman–Crippen MR) is 75.4 cm³/mol. The van der Waals surface area contributed by atoms with Gasteiger partial charge in [0.25, 0.3) is 0 Å². The number of allylic oxidation sites excluding steroid dienone is 3. The third-order valence-corrected chi connectivity index (χ3v) is 1.70. The summed E-state index contributed by atoms with van der Waals surface area (Å²) in [5, 5.41) is 2.64. The maximum atomic E-state index is 11.2. The molecule has 1 heterocycles. The van der Waals surface area contributed by atoms with Crippen molar-refractivity contribution in [3.63, 3.8) is 0 Å². The minimum absolute atomic E-state index is 0.233. The summed E-state index contributed by atoms with van der Waals surface area (Å²) in [7, 11) is 0. The van der Waals surface area contributed by atoms with E-state index in [0.717, 1.165) is 5.57 Å². The molecule has 0 bridgehead atoms. The number of carbonyl (C=O) groups excluding carboxylic acids is 1. The van der Waals surface area contributed by atoms with Gasteiger partial charge in [-0.25, -0.2) is 0 Å². The second-order valence-electron chi connectivity index (χ2n) is 2.72. The molecule has 0 aromatic heterocycles. The van der Waals surface area contributed by atoms with Crippen LogP contribution >= 0.6 is 0 Å². The Morgan fingerprint density at radius 3 is 2.35 bits per heavy atom. The molecule has 0 aliphatic carbocycles. The quantitative estimate of drug-likeness (QED) is 0.735. The monoisotopic (exact) mass is 236 g/mol. The van der Waals surface area contributed by atoms with E-state index >= 15 is 0 Å². The molecule has 1 unspecified atom stereocenters. The lowest BCUT2D eigenvalue weighted by Gasteiger charge is -2.07. The summed E-state index contributed by atoms with van der Waals surface area (Å²) >= 11 is 0. The van der Waals surface area contributed by atoms with E-state index in [-0.39, 0.29) is 5.91 Å². The first-order valence-electron chi connectivity index (χ1n) is 5.92. The van der Waals surface area contributed by atoms with Crippen LogP contribution in [0.4, 0.5) is 0 Å². The molecule has 3 heteroatoms. The molecule has 3 N–H and O–H groups in total. The molecule has 1 atom stereocenters. The molecule has 0 radical (unpaired) electrons. The Kier molecular flexibility index (Phi) is 11.4. The standard InChI is InChI=1S/C10H12N2O.2C2H6/c1-3-4-9-7(2)5-6-8(11)10(13)12-9;2*1-2/h3-6,8H,1-2,11H2,(H,12,13);2*1-2H3/b9-4+;;. The number of hydrogen-bond acceptors (Lipinski definition) is 2. The molecule has 0 spiro atoms. The highest BCUT2D eigenvalue weighted by atomic mass is 16.2. The molecular weight excluding hydrogens is 212 g/mol. The van der Waals surface area contributed by atoms with E-state index < -0.39 is 6.04 Å². The first-order chi connectivity index (χ1) is 8.15. The molecule has 0 aromatic carbocycles. The minimum Gasteiger partial charge on any atom is -0.324 e. The van der Waals surface area contributed by atoms with Crippen molar-refractivity contribution in [3.8, 4) is 0 Å². The Bertz CT molecular complexity index is 314. The lowest BCUT2D eigenvalue weighted by Crippen LogP contribution is -2.37. The van der Waals surface area contributed by atoms with Crippen LogP contribution in [-0.4, -0.2) is 11.9 Å². The zero-order chi connectivity index (χ0) is 13.8. The Hall–Kier alpha value is -1.61. The highest BCUT2D eigenvalue weighted by molar-refractivity contribution is 5.87. The van der Waals surface area contributed by atoms with Crippen LogP contribution in [0.15, 0.2) is 48.7 Å². The maximum Gasteiger partial charge on any atom is 0.245 e. The fraction of sp³-hybridized carbons (Fsp3) is 0.357. The predicted octanol–water partition coefficient (Wildman–Crippen LogP) is 2.68. The zero-order valence-corrected chi connectivity index (χ0v) is 11.3. The summed E-state index contributed by atoms with van der Waals surface area (Å²) in [4.78, 5) is 11.2. The van der Waals surface area contributed by atoms with E-state index in [0.29, 0.717) is 5.70 Å². The Labute approximate surface area is 105 Å². The number of amides is 1. The molecule has 96 valence electrons. The van der Waals surface area contributed by atoms with Gasteiger partial charge in [-0.15, -0.1) is 0 Å². The normalized spacial score (nSPS) is 20.3. The first-order valence-corrected chi connectivity index (χ1v) is 5.92. The van der Waals surface area contributed by atoms with Crippen LogP contribution in [0.25, 0.3) is 0 Å². The molecule has 0 saturated heterocycles. The molecule has 1 aliphatic rings. The average molecular weight is 236 g/mol. The van der Waals surface area contributed by atoms with Gasteiger partial charge in [0.2, 0.25) is 5.91 Å². The Morgan fingerprint density at radius 2 is 1.88 bits per heavy atom. The molecule has 1 aliphatic heterocycles. The maximum absolute atomic E-state index is 11.2. The summed E-state index contributed by atoms with van der Waals surface area (Å²) in [6.45, 7) is 15.3. The fourth-order valence-corrected chi connectivity index (χ4v) is 0.960. The number of rotatable bonds is 1. The third-order valence-electron chi connectivity index (χ3n) is 1.70. The summed E-state index contributed by atoms with van der Waals surface area (Å²) < 4.78 is 0. The Morgan fingerprint density at radius 1 is 1.35 bits per heavy atom. The number of hydrogen-bond donors (Lipinski definition) is 2. The van der Waals surface area contributed by atoms with Crippen molar-refractivity contribution in [3.05, 3.63) is 48.7 Å². The second kappa shape index (κ2) is 10.9. The summed E-state index contributed by atoms with van der Waals surface area (Å²) in [6.07, 6.45) is 6.60. The van der Waals surface area contributed by atoms with Gasteiger partial charge in [-0.1, -0.05) is 59.1 Å². The molecule has 0 saturated carbocycles. The van der Waals surface area contributed by atoms with Gasteiger partial charge in [0.15, 0.2) is 0 Å². The van der Waals surface area contributed by atoms with Crippen molar-refractivity contribution in [1.82, 2.24) is 5.32 Å². The van der Waals surface area contributed by atoms with E-state index in [9.17, 15) is 4.79 Å². The van der Waals surface area contributed by atoms with Crippen LogP contribution in [-0.2, 0) is 4.79 Å². The topological polar surface area (TPSA) is 55.1 Å². The first kappa shape index (κ1) is 17.8. The summed E-state index contributed by atoms with van der Waals surface area (Å²) in [5.74, 6) is -0.233. The van der Waals surface area contributed by atoms with Gasteiger partial charge in [0.1, 0.15) is 6.04 Å². The lowest BCUT2D eigenvalue weighted by atomic mass is 10.2. The SMILES string of the molecule is C=C/C=C1/NC(=O)C(N)C=CC1=C.CC.CC. The second-order valence-corrected chi connectivity index (χ2v) is 2.72. The number of carbonyl (C=O) groups is 1. The average Bonchev–Trinajstić information content (AvgIpc) is 2.49. The molecule has 0 aromatic rings. The van der Waals surface area contributed by atoms with Crippen LogP contribution in [0.2, 0.25) is 0 Å². The highest BCUT2D eigenvalue weighted by Gasteiger charge is 2.15. The zero-order valence-electron chi connectivity index (χ0n) is 11.3. The summed E-state index contributed by atoms with van der Waals surface area (Å²) in [5.41, 5.74) is 6.87. The largest absolute Gasteiger partial charge is 0.324 e. The van der Waals surface area contributed by atoms with Crippen molar-refractivity contribution < 1.29 is 4.79 Å². The molecule has 0 fully saturated rings. The van der Waals surface area contributed by atoms with E-state index in [2.05, 4.69) is 18.5 Å². The van der Waals surface area contributed by atoms with Gasteiger partial charge in [-0.3, -0.25) is 4.79 Å². The van der Waals surface area contributed by atoms with E-state index in [1.165, 1.54) is 0 Å². The van der Waals surface area contributed by atoms with Crippen LogP contribution in [0.3, 0.4) is 0 Å². The van der Waals surface area contributed by atoms with Gasteiger partial charge in [0, 0.05) is 5.70 Å². The van der Waals surface area contributed by atoms with Crippen LogP contribution in [0.5, 0.6) is 0 Å². The third kappa shape index (κ3) is 6.53. The van der Waals surface area contributed by atoms with Crippen LogP contribution in [0.1, 0.15) is 27.7 Å². The minimum atomic E-state index is -0.604. The van der Waals surface area contributed by atoms with Gasteiger partial charge < -0.3 is 11.1 Å². The van der Waals surface area contributed by atoms with Crippen molar-refractivity contribution in [1.29, 1.82) is 0 Å². The van der Waals surface area contributed by atoms with Crippen molar-refractivity contribution in [2.24, 2.45) is 5.73 Å². The molecular formula is C14H24N2O. The van der Waals surface area contributed by atoms with Crippen LogP contribution < -0.4 is 11.1 Å². The van der Waals surface area contributed by atoms with Gasteiger partial charge in [-0.2, -0.15) is 0 Å². The van der Waals surface area contributed by atoms with Gasteiger partial charge in [-0.05, 0) is 11.6 Å². The van der Waals surface area contributed by atoms with E-state index in [4.69, 9.17) is 5.73 Å². The Balaban J connectivity index is 0. The smallest absolute Gasteiger partial charge is 0.245 e. The van der Waals surface area contributed by atoms with Gasteiger partial charge in [0.05, 0.1) is 0 Å². The van der Waals surface area contributed by atoms with Crippen LogP contribution in [0, 0.1) is 0 Å². The molecule has 17 heavy (non-hydrogen) atoms. The lowest BCUT2D eigenvalue weighted by molar-refractivity contribution is -0.120. The number of nitrogens with two attached hydrogens (primary N) is 1. The number of nitrogens with one attached hydrogen (secondary N) is 1. The summed E-state index contributed by atoms with van der Waals surface area (Å²) in [6, 6.07) is -0.604. The van der Waals surface area contributed by atoms with Crippen molar-refractivity contribution in [2.45, 2.75) is 33.7 Å². The van der Waals surface area contributed by atoms with Gasteiger partial charge >= 0.3 is 0 Å².